The maximum atomic E-state index is 8.25. The van der Waals surface area contributed by atoms with Crippen molar-refractivity contribution >= 4 is 0 Å². The van der Waals surface area contributed by atoms with Crippen LogP contribution in [0.2, 0.25) is 0 Å². The van der Waals surface area contributed by atoms with Gasteiger partial charge in [0, 0.05) is 0 Å². The first-order valence-corrected chi connectivity index (χ1v) is 2.19. The van der Waals surface area contributed by atoms with Crippen LogP contribution >= 0.6 is 0 Å². The van der Waals surface area contributed by atoms with E-state index in [-0.39, 0.29) is 76.5 Å². The summed E-state index contributed by atoms with van der Waals surface area (Å²) in [6.07, 6.45) is 0. The molecule has 0 aliphatic carbocycles. The van der Waals surface area contributed by atoms with E-state index in [4.69, 9.17) is 61.3 Å². The van der Waals surface area contributed by atoms with Crippen molar-refractivity contribution in [1.29, 1.82) is 0 Å². The molecule has 0 rings (SSSR count). The Morgan fingerprint density at radius 1 is 0.364 bits per heavy atom. The largest absolute Gasteiger partial charge is 2.00 e. The Morgan fingerprint density at radius 2 is 0.364 bits per heavy atom. The molecule has 0 aliphatic rings. The van der Waals surface area contributed by atoms with Crippen molar-refractivity contribution in [2.24, 2.45) is 0 Å². The summed E-state index contributed by atoms with van der Waals surface area (Å²) in [5, 5.41) is 59.0. The molecule has 22 heteroatoms. The summed E-state index contributed by atoms with van der Waals surface area (Å²) in [7, 11) is 0. The first kappa shape index (κ1) is 70.7. The van der Waals surface area contributed by atoms with Gasteiger partial charge in [-0.2, -0.15) is 0 Å². The van der Waals surface area contributed by atoms with Crippen molar-refractivity contribution < 1.29 is 96.8 Å². The van der Waals surface area contributed by atoms with Gasteiger partial charge >= 0.3 is 54.6 Å². The fraction of sp³-hybridized carbons (Fsp3) is 0. The molecule has 0 heterocycles. The maximum Gasteiger partial charge on any atom is 2.00 e. The van der Waals surface area contributed by atoms with Gasteiger partial charge < -0.3 is 83.2 Å². The van der Waals surface area contributed by atoms with E-state index >= 15 is 0 Å². The second-order valence-electron chi connectivity index (χ2n) is 0.894. The molecule has 8 N–H and O–H groups in total. The van der Waals surface area contributed by atoms with E-state index < -0.39 is 20.3 Å². The van der Waals surface area contributed by atoms with Crippen molar-refractivity contribution in [3.05, 3.63) is 61.3 Å². The number of hydrogen-bond acceptors (Lipinski definition) is 12. The summed E-state index contributed by atoms with van der Waals surface area (Å²) < 4.78 is 0. The molecule has 0 unspecified atom stereocenters. The van der Waals surface area contributed by atoms with Crippen LogP contribution in [0.5, 0.6) is 0 Å². The zero-order valence-corrected chi connectivity index (χ0v) is 18.2. The number of rotatable bonds is 0. The first-order valence-electron chi connectivity index (χ1n) is 2.19. The molecule has 0 amide bonds. The fourth-order valence-electron chi connectivity index (χ4n) is 0. The average Bonchev–Trinajstić information content (AvgIpc) is 1.76. The summed E-state index contributed by atoms with van der Waals surface area (Å²) >= 11 is 0. The molecule has 0 aromatic rings. The van der Waals surface area contributed by atoms with Gasteiger partial charge in [0.15, 0.2) is 0 Å². The second-order valence-corrected chi connectivity index (χ2v) is 0.894. The van der Waals surface area contributed by atoms with Gasteiger partial charge in [-0.15, -0.1) is 0 Å². The SMILES string of the molecule is O.O.O.O.O=[N+]([O-])[O-].O=[N+]([O-])[O-].O=[N+]([O-])[O-].O=[N+]([O-])[O-].[Cd+2].[Cd+2]. The van der Waals surface area contributed by atoms with Gasteiger partial charge in [0.05, 0.1) is 20.3 Å². The van der Waals surface area contributed by atoms with Crippen LogP contribution in [-0.4, -0.2) is 42.3 Å². The molecule has 20 nitrogen and oxygen atoms in total. The Morgan fingerprint density at radius 3 is 0.364 bits per heavy atom. The third kappa shape index (κ3) is 2460. The molecule has 0 aromatic carbocycles. The minimum atomic E-state index is -1.75. The quantitative estimate of drug-likeness (QED) is 0.159. The van der Waals surface area contributed by atoms with Crippen LogP contribution < -0.4 is 0 Å². The zero-order valence-electron chi connectivity index (χ0n) is 10.1. The summed E-state index contributed by atoms with van der Waals surface area (Å²) in [6, 6.07) is 0. The Kier molecular flexibility index (Phi) is 195. The van der Waals surface area contributed by atoms with Gasteiger partial charge in [-0.05, 0) is 0 Å². The maximum absolute atomic E-state index is 8.25. The van der Waals surface area contributed by atoms with E-state index in [1.54, 1.807) is 0 Å². The average molecular weight is 545 g/mol. The monoisotopic (exact) mass is 548 g/mol. The van der Waals surface area contributed by atoms with Crippen LogP contribution in [0.25, 0.3) is 0 Å². The molecule has 0 saturated heterocycles. The van der Waals surface area contributed by atoms with Gasteiger partial charge in [0.2, 0.25) is 0 Å². The van der Waals surface area contributed by atoms with Crippen LogP contribution in [0.3, 0.4) is 0 Å². The summed E-state index contributed by atoms with van der Waals surface area (Å²) in [5.74, 6) is 0. The summed E-state index contributed by atoms with van der Waals surface area (Å²) in [5.41, 5.74) is 0. The van der Waals surface area contributed by atoms with Crippen molar-refractivity contribution in [2.45, 2.75) is 0 Å². The summed E-state index contributed by atoms with van der Waals surface area (Å²) in [6.45, 7) is 0. The van der Waals surface area contributed by atoms with Crippen LogP contribution in [-0.2, 0) is 54.6 Å². The first-order chi connectivity index (χ1) is 6.93. The molecule has 0 fully saturated rings. The zero-order chi connectivity index (χ0) is 14.3. The standard InChI is InChI=1S/2Cd.4NO3.4H2O/c;;4*2-1(3)4;;;;/h;;;;;;4*1H2/q2*+2;4*-1;;;;. The molecule has 128 valence electrons. The Bertz CT molecular complexity index is 164. The smallest absolute Gasteiger partial charge is 0.412 e. The van der Waals surface area contributed by atoms with E-state index in [0.29, 0.717) is 0 Å². The van der Waals surface area contributed by atoms with Crippen molar-refractivity contribution in [3.63, 3.8) is 0 Å². The third-order valence-corrected chi connectivity index (χ3v) is 0. The van der Waals surface area contributed by atoms with Crippen molar-refractivity contribution in [3.8, 4) is 0 Å². The normalized spacial score (nSPS) is 4.36. The van der Waals surface area contributed by atoms with Crippen LogP contribution in [0.4, 0.5) is 0 Å². The minimum absolute atomic E-state index is 0. The number of nitrogens with zero attached hydrogens (tertiary/aromatic N) is 4. The van der Waals surface area contributed by atoms with Gasteiger partial charge in [0.1, 0.15) is 0 Å². The molecule has 0 aromatic heterocycles. The molecule has 0 atom stereocenters. The van der Waals surface area contributed by atoms with E-state index in [1.807, 2.05) is 0 Å². The van der Waals surface area contributed by atoms with Gasteiger partial charge in [-0.1, -0.05) is 0 Å². The second kappa shape index (κ2) is 60.6. The van der Waals surface area contributed by atoms with E-state index in [9.17, 15) is 0 Å². The van der Waals surface area contributed by atoms with Gasteiger partial charge in [-0.25, -0.2) is 0 Å². The Balaban J connectivity index is -0.00000001000. The summed E-state index contributed by atoms with van der Waals surface area (Å²) in [4.78, 5) is 33.0. The molecule has 0 bridgehead atoms. The molecular weight excluding hydrogens is 537 g/mol. The third-order valence-electron chi connectivity index (χ3n) is 0. The molecule has 0 aliphatic heterocycles. The Hall–Kier alpha value is -1.52. The van der Waals surface area contributed by atoms with E-state index in [1.165, 1.54) is 0 Å². The molecule has 22 heavy (non-hydrogen) atoms. The predicted octanol–water partition coefficient (Wildman–Crippen LogP) is -4.26. The fourth-order valence-corrected chi connectivity index (χ4v) is 0. The predicted molar refractivity (Wildman–Crippen MR) is 55.9 cm³/mol. The number of hydrogen-bond donors (Lipinski definition) is 0. The van der Waals surface area contributed by atoms with Gasteiger partial charge in [-0.3, -0.25) is 0 Å². The molecule has 0 saturated carbocycles. The minimum Gasteiger partial charge on any atom is -0.412 e. The van der Waals surface area contributed by atoms with Crippen LogP contribution in [0.15, 0.2) is 0 Å². The van der Waals surface area contributed by atoms with E-state index in [2.05, 4.69) is 0 Å². The topological polar surface area (TPSA) is 391 Å². The molecular formula is H8Cd2N4O16. The molecule has 0 radical (unpaired) electrons. The van der Waals surface area contributed by atoms with Crippen LogP contribution in [0, 0.1) is 61.3 Å². The molecule has 0 spiro atoms. The van der Waals surface area contributed by atoms with Crippen LogP contribution in [0.1, 0.15) is 0 Å². The van der Waals surface area contributed by atoms with E-state index in [0.717, 1.165) is 0 Å². The Labute approximate surface area is 157 Å². The van der Waals surface area contributed by atoms with Crippen molar-refractivity contribution in [2.75, 3.05) is 0 Å². The van der Waals surface area contributed by atoms with Gasteiger partial charge in [0.25, 0.3) is 0 Å². The van der Waals surface area contributed by atoms with Crippen molar-refractivity contribution in [1.82, 2.24) is 0 Å².